The minimum atomic E-state index is 0.561. The summed E-state index contributed by atoms with van der Waals surface area (Å²) < 4.78 is 15.7. The van der Waals surface area contributed by atoms with Crippen LogP contribution >= 0.6 is 0 Å². The Morgan fingerprint density at radius 1 is 1.06 bits per heavy atom. The molecule has 0 amide bonds. The fraction of sp³-hybridized carbons (Fsp3) is 0.500. The molecule has 0 aromatic heterocycles. The van der Waals surface area contributed by atoms with E-state index in [-0.39, 0.29) is 0 Å². The van der Waals surface area contributed by atoms with Crippen LogP contribution in [0, 0.1) is 0 Å². The van der Waals surface area contributed by atoms with Crippen LogP contribution in [-0.2, 0) is 11.2 Å². The van der Waals surface area contributed by atoms with E-state index in [1.165, 1.54) is 0 Å². The summed E-state index contributed by atoms with van der Waals surface area (Å²) in [6.07, 6.45) is 0.848. The van der Waals surface area contributed by atoms with Gasteiger partial charge in [0.25, 0.3) is 0 Å². The number of methoxy groups -OCH3 is 2. The van der Waals surface area contributed by atoms with Crippen molar-refractivity contribution in [1.82, 2.24) is 0 Å². The van der Waals surface area contributed by atoms with Crippen LogP contribution in [0.3, 0.4) is 0 Å². The van der Waals surface area contributed by atoms with Gasteiger partial charge in [-0.05, 0) is 24.1 Å². The van der Waals surface area contributed by atoms with Gasteiger partial charge in [0, 0.05) is 6.54 Å². The van der Waals surface area contributed by atoms with E-state index in [2.05, 4.69) is 0 Å². The monoisotopic (exact) mass is 225 g/mol. The van der Waals surface area contributed by atoms with Crippen molar-refractivity contribution in [1.29, 1.82) is 0 Å². The Morgan fingerprint density at radius 2 is 1.81 bits per heavy atom. The molecule has 4 nitrogen and oxygen atoms in total. The quantitative estimate of drug-likeness (QED) is 0.709. The SMILES string of the molecule is COc1ccc(CCOCCN)cc1OC. The van der Waals surface area contributed by atoms with Crippen molar-refractivity contribution in [2.45, 2.75) is 6.42 Å². The molecule has 0 aliphatic carbocycles. The lowest BCUT2D eigenvalue weighted by atomic mass is 10.1. The summed E-state index contributed by atoms with van der Waals surface area (Å²) in [5.41, 5.74) is 6.49. The molecule has 16 heavy (non-hydrogen) atoms. The van der Waals surface area contributed by atoms with Crippen molar-refractivity contribution < 1.29 is 14.2 Å². The van der Waals surface area contributed by atoms with Gasteiger partial charge >= 0.3 is 0 Å². The summed E-state index contributed by atoms with van der Waals surface area (Å²) in [5, 5.41) is 0. The van der Waals surface area contributed by atoms with E-state index in [4.69, 9.17) is 19.9 Å². The van der Waals surface area contributed by atoms with Gasteiger partial charge < -0.3 is 19.9 Å². The molecule has 0 unspecified atom stereocenters. The van der Waals surface area contributed by atoms with E-state index in [1.807, 2.05) is 18.2 Å². The fourth-order valence-corrected chi connectivity index (χ4v) is 1.41. The lowest BCUT2D eigenvalue weighted by Gasteiger charge is -2.09. The molecule has 1 aromatic rings. The Bertz CT molecular complexity index is 315. The smallest absolute Gasteiger partial charge is 0.160 e. The van der Waals surface area contributed by atoms with Crippen molar-refractivity contribution in [3.8, 4) is 11.5 Å². The second kappa shape index (κ2) is 7.09. The van der Waals surface area contributed by atoms with Gasteiger partial charge in [-0.3, -0.25) is 0 Å². The zero-order valence-corrected chi connectivity index (χ0v) is 9.86. The van der Waals surface area contributed by atoms with E-state index >= 15 is 0 Å². The van der Waals surface area contributed by atoms with Crippen molar-refractivity contribution in [3.63, 3.8) is 0 Å². The highest BCUT2D eigenvalue weighted by Gasteiger charge is 2.04. The first kappa shape index (κ1) is 12.8. The van der Waals surface area contributed by atoms with Crippen LogP contribution in [0.5, 0.6) is 11.5 Å². The maximum absolute atomic E-state index is 5.33. The highest BCUT2D eigenvalue weighted by atomic mass is 16.5. The van der Waals surface area contributed by atoms with Crippen LogP contribution in [0.2, 0.25) is 0 Å². The minimum Gasteiger partial charge on any atom is -0.493 e. The third-order valence-corrected chi connectivity index (χ3v) is 2.25. The highest BCUT2D eigenvalue weighted by molar-refractivity contribution is 5.42. The highest BCUT2D eigenvalue weighted by Crippen LogP contribution is 2.27. The summed E-state index contributed by atoms with van der Waals surface area (Å²) in [6, 6.07) is 5.87. The molecule has 0 spiro atoms. The van der Waals surface area contributed by atoms with Gasteiger partial charge in [0.2, 0.25) is 0 Å². The van der Waals surface area contributed by atoms with Crippen LogP contribution in [-0.4, -0.2) is 34.0 Å². The molecule has 1 aromatic carbocycles. The van der Waals surface area contributed by atoms with E-state index in [9.17, 15) is 0 Å². The molecule has 0 atom stereocenters. The van der Waals surface area contributed by atoms with Crippen molar-refractivity contribution >= 4 is 0 Å². The molecule has 0 saturated carbocycles. The summed E-state index contributed by atoms with van der Waals surface area (Å²) in [6.45, 7) is 1.84. The summed E-state index contributed by atoms with van der Waals surface area (Å²) in [4.78, 5) is 0. The van der Waals surface area contributed by atoms with Crippen molar-refractivity contribution in [2.75, 3.05) is 34.0 Å². The van der Waals surface area contributed by atoms with Crippen LogP contribution < -0.4 is 15.2 Å². The maximum Gasteiger partial charge on any atom is 0.160 e. The molecule has 1 rings (SSSR count). The lowest BCUT2D eigenvalue weighted by Crippen LogP contribution is -2.10. The number of nitrogens with two attached hydrogens (primary N) is 1. The molecule has 0 bridgehead atoms. The summed E-state index contributed by atoms with van der Waals surface area (Å²) in [7, 11) is 3.26. The minimum absolute atomic E-state index is 0.561. The molecule has 0 aliphatic heterocycles. The molecule has 0 heterocycles. The summed E-state index contributed by atoms with van der Waals surface area (Å²) in [5.74, 6) is 1.49. The molecule has 4 heteroatoms. The number of rotatable bonds is 7. The number of hydrogen-bond donors (Lipinski definition) is 1. The predicted octanol–water partition coefficient (Wildman–Crippen LogP) is 1.22. The molecule has 0 aliphatic rings. The normalized spacial score (nSPS) is 10.2. The van der Waals surface area contributed by atoms with Crippen molar-refractivity contribution in [2.24, 2.45) is 5.73 Å². The first-order valence-corrected chi connectivity index (χ1v) is 5.30. The Hall–Kier alpha value is -1.26. The van der Waals surface area contributed by atoms with Gasteiger partial charge in [0.05, 0.1) is 27.4 Å². The van der Waals surface area contributed by atoms with E-state index in [0.717, 1.165) is 23.5 Å². The zero-order chi connectivity index (χ0) is 11.8. The molecule has 0 radical (unpaired) electrons. The molecule has 2 N–H and O–H groups in total. The first-order chi connectivity index (χ1) is 7.81. The topological polar surface area (TPSA) is 53.7 Å². The van der Waals surface area contributed by atoms with Gasteiger partial charge in [0.15, 0.2) is 11.5 Å². The van der Waals surface area contributed by atoms with E-state index < -0.39 is 0 Å². The number of hydrogen-bond acceptors (Lipinski definition) is 4. The number of benzene rings is 1. The lowest BCUT2D eigenvalue weighted by molar-refractivity contribution is 0.144. The first-order valence-electron chi connectivity index (χ1n) is 5.30. The number of ether oxygens (including phenoxy) is 3. The second-order valence-electron chi connectivity index (χ2n) is 3.34. The Kier molecular flexibility index (Phi) is 5.67. The molecule has 0 saturated heterocycles. The van der Waals surface area contributed by atoms with Gasteiger partial charge in [-0.25, -0.2) is 0 Å². The Labute approximate surface area is 96.3 Å². The van der Waals surface area contributed by atoms with E-state index in [1.54, 1.807) is 14.2 Å². The van der Waals surface area contributed by atoms with Crippen LogP contribution in [0.25, 0.3) is 0 Å². The largest absolute Gasteiger partial charge is 0.493 e. The van der Waals surface area contributed by atoms with Crippen molar-refractivity contribution in [3.05, 3.63) is 23.8 Å². The average Bonchev–Trinajstić information content (AvgIpc) is 2.34. The molecule has 0 fully saturated rings. The zero-order valence-electron chi connectivity index (χ0n) is 9.86. The van der Waals surface area contributed by atoms with Gasteiger partial charge in [0.1, 0.15) is 0 Å². The van der Waals surface area contributed by atoms with Gasteiger partial charge in [-0.2, -0.15) is 0 Å². The Morgan fingerprint density at radius 3 is 2.44 bits per heavy atom. The predicted molar refractivity (Wildman–Crippen MR) is 63.1 cm³/mol. The molecular formula is C12H19NO3. The molecule has 90 valence electrons. The van der Waals surface area contributed by atoms with Gasteiger partial charge in [-0.15, -0.1) is 0 Å². The third-order valence-electron chi connectivity index (χ3n) is 2.25. The van der Waals surface area contributed by atoms with Gasteiger partial charge in [-0.1, -0.05) is 6.07 Å². The average molecular weight is 225 g/mol. The van der Waals surface area contributed by atoms with Crippen LogP contribution in [0.1, 0.15) is 5.56 Å². The summed E-state index contributed by atoms with van der Waals surface area (Å²) >= 11 is 0. The van der Waals surface area contributed by atoms with Crippen LogP contribution in [0.4, 0.5) is 0 Å². The van der Waals surface area contributed by atoms with Crippen LogP contribution in [0.15, 0.2) is 18.2 Å². The molecular weight excluding hydrogens is 206 g/mol. The maximum atomic E-state index is 5.33. The Balaban J connectivity index is 2.54. The third kappa shape index (κ3) is 3.72. The standard InChI is InChI=1S/C12H19NO3/c1-14-11-4-3-10(9-12(11)15-2)5-7-16-8-6-13/h3-4,9H,5-8,13H2,1-2H3. The fourth-order valence-electron chi connectivity index (χ4n) is 1.41. The second-order valence-corrected chi connectivity index (χ2v) is 3.34. The van der Waals surface area contributed by atoms with E-state index in [0.29, 0.717) is 19.8 Å².